The number of aromatic nitrogens is 4. The first-order valence-electron chi connectivity index (χ1n) is 7.98. The molecule has 0 aliphatic carbocycles. The highest BCUT2D eigenvalue weighted by Crippen LogP contribution is 2.24. The van der Waals surface area contributed by atoms with Crippen LogP contribution in [-0.4, -0.2) is 52.1 Å². The number of rotatable bonds is 6. The molecule has 0 unspecified atom stereocenters. The first-order valence-corrected chi connectivity index (χ1v) is 8.73. The number of pyridine rings is 1. The Hall–Kier alpha value is -1.90. The van der Waals surface area contributed by atoms with E-state index >= 15 is 0 Å². The van der Waals surface area contributed by atoms with Gasteiger partial charge in [0.1, 0.15) is 11.6 Å². The Kier molecular flexibility index (Phi) is 6.06. The van der Waals surface area contributed by atoms with Crippen LogP contribution in [0.2, 0.25) is 10.0 Å². The van der Waals surface area contributed by atoms with E-state index in [9.17, 15) is 4.79 Å². The van der Waals surface area contributed by atoms with Crippen molar-refractivity contribution in [3.05, 3.63) is 34.2 Å². The summed E-state index contributed by atoms with van der Waals surface area (Å²) in [4.78, 5) is 16.1. The molecule has 3 heterocycles. The molecule has 0 atom stereocenters. The summed E-state index contributed by atoms with van der Waals surface area (Å²) in [5.74, 6) is -0.0175. The second kappa shape index (κ2) is 8.46. The summed E-state index contributed by atoms with van der Waals surface area (Å²) in [6, 6.07) is 1.83. The van der Waals surface area contributed by atoms with E-state index in [0.29, 0.717) is 22.3 Å². The molecule has 1 aliphatic heterocycles. The Morgan fingerprint density at radius 1 is 1.40 bits per heavy atom. The predicted octanol–water partition coefficient (Wildman–Crippen LogP) is 1.71. The second-order valence-electron chi connectivity index (χ2n) is 5.61. The van der Waals surface area contributed by atoms with Gasteiger partial charge in [0.15, 0.2) is 5.69 Å². The van der Waals surface area contributed by atoms with Gasteiger partial charge in [-0.3, -0.25) is 4.79 Å². The van der Waals surface area contributed by atoms with Crippen molar-refractivity contribution in [3.63, 3.8) is 0 Å². The summed E-state index contributed by atoms with van der Waals surface area (Å²) in [7, 11) is 0. The lowest BCUT2D eigenvalue weighted by atomic mass is 10.1. The summed E-state index contributed by atoms with van der Waals surface area (Å²) in [5.41, 5.74) is 0.293. The number of hydrogen-bond donors (Lipinski definition) is 2. The molecule has 0 saturated carbocycles. The average Bonchev–Trinajstić information content (AvgIpc) is 3.11. The highest BCUT2D eigenvalue weighted by molar-refractivity contribution is 6.35. The molecule has 0 spiro atoms. The molecule has 3 rings (SSSR count). The first-order chi connectivity index (χ1) is 12.1. The molecule has 2 aromatic rings. The fraction of sp³-hybridized carbons (Fsp3) is 0.467. The topological polar surface area (TPSA) is 94.0 Å². The zero-order valence-electron chi connectivity index (χ0n) is 13.4. The SMILES string of the molecule is O=C(NCCOc1ncc(Cl)cc1Cl)c1cn(C2CCNCC2)nn1. The molecule has 8 nitrogen and oxygen atoms in total. The quantitative estimate of drug-likeness (QED) is 0.736. The van der Waals surface area contributed by atoms with Crippen LogP contribution in [0.3, 0.4) is 0 Å². The number of piperidine rings is 1. The largest absolute Gasteiger partial charge is 0.475 e. The predicted molar refractivity (Wildman–Crippen MR) is 93.2 cm³/mol. The Morgan fingerprint density at radius 3 is 2.96 bits per heavy atom. The number of carbonyl (C=O) groups excluding carboxylic acids is 1. The Morgan fingerprint density at radius 2 is 2.20 bits per heavy atom. The van der Waals surface area contributed by atoms with Crippen molar-refractivity contribution in [3.8, 4) is 5.88 Å². The van der Waals surface area contributed by atoms with E-state index in [1.54, 1.807) is 16.9 Å². The summed E-state index contributed by atoms with van der Waals surface area (Å²) in [6.45, 7) is 2.41. The molecule has 134 valence electrons. The lowest BCUT2D eigenvalue weighted by Crippen LogP contribution is -2.30. The highest BCUT2D eigenvalue weighted by Gasteiger charge is 2.18. The van der Waals surface area contributed by atoms with Crippen molar-refractivity contribution in [1.29, 1.82) is 0 Å². The molecule has 2 aromatic heterocycles. The number of halogens is 2. The fourth-order valence-electron chi connectivity index (χ4n) is 2.54. The normalized spacial score (nSPS) is 15.1. The third-order valence-corrected chi connectivity index (χ3v) is 4.30. The van der Waals surface area contributed by atoms with E-state index in [1.807, 2.05) is 0 Å². The average molecular weight is 385 g/mol. The lowest BCUT2D eigenvalue weighted by molar-refractivity contribution is 0.0941. The van der Waals surface area contributed by atoms with Crippen LogP contribution >= 0.6 is 23.2 Å². The maximum atomic E-state index is 12.1. The molecule has 0 aromatic carbocycles. The number of nitrogens with one attached hydrogen (secondary N) is 2. The molecule has 0 radical (unpaired) electrons. The number of amides is 1. The van der Waals surface area contributed by atoms with Crippen LogP contribution in [-0.2, 0) is 0 Å². The summed E-state index contributed by atoms with van der Waals surface area (Å²) >= 11 is 11.7. The van der Waals surface area contributed by atoms with Crippen molar-refractivity contribution in [2.45, 2.75) is 18.9 Å². The van der Waals surface area contributed by atoms with E-state index in [4.69, 9.17) is 27.9 Å². The van der Waals surface area contributed by atoms with Crippen LogP contribution in [0, 0.1) is 0 Å². The zero-order valence-corrected chi connectivity index (χ0v) is 14.9. The van der Waals surface area contributed by atoms with Gasteiger partial charge in [-0.25, -0.2) is 9.67 Å². The molecule has 1 aliphatic rings. The summed E-state index contributed by atoms with van der Waals surface area (Å²) in [6.07, 6.45) is 5.09. The molecule has 2 N–H and O–H groups in total. The van der Waals surface area contributed by atoms with Crippen molar-refractivity contribution in [2.24, 2.45) is 0 Å². The molecular formula is C15H18Cl2N6O2. The highest BCUT2D eigenvalue weighted by atomic mass is 35.5. The van der Waals surface area contributed by atoms with E-state index in [-0.39, 0.29) is 24.4 Å². The van der Waals surface area contributed by atoms with E-state index in [2.05, 4.69) is 25.9 Å². The van der Waals surface area contributed by atoms with Gasteiger partial charge in [-0.15, -0.1) is 5.10 Å². The monoisotopic (exact) mass is 384 g/mol. The minimum absolute atomic E-state index is 0.225. The van der Waals surface area contributed by atoms with Crippen LogP contribution in [0.15, 0.2) is 18.5 Å². The molecule has 1 amide bonds. The molecule has 1 fully saturated rings. The van der Waals surface area contributed by atoms with Crippen LogP contribution < -0.4 is 15.4 Å². The smallest absolute Gasteiger partial charge is 0.273 e. The number of carbonyl (C=O) groups is 1. The molecule has 25 heavy (non-hydrogen) atoms. The van der Waals surface area contributed by atoms with Gasteiger partial charge in [-0.05, 0) is 32.0 Å². The Bertz CT molecular complexity index is 733. The van der Waals surface area contributed by atoms with E-state index in [0.717, 1.165) is 25.9 Å². The van der Waals surface area contributed by atoms with E-state index in [1.165, 1.54) is 6.20 Å². The van der Waals surface area contributed by atoms with Gasteiger partial charge in [0, 0.05) is 6.20 Å². The first kappa shape index (κ1) is 17.9. The van der Waals surface area contributed by atoms with Crippen molar-refractivity contribution >= 4 is 29.1 Å². The zero-order chi connectivity index (χ0) is 17.6. The third kappa shape index (κ3) is 4.81. The van der Waals surface area contributed by atoms with E-state index < -0.39 is 0 Å². The maximum Gasteiger partial charge on any atom is 0.273 e. The molecule has 10 heteroatoms. The van der Waals surface area contributed by atoms with Crippen molar-refractivity contribution in [2.75, 3.05) is 26.2 Å². The van der Waals surface area contributed by atoms with Crippen molar-refractivity contribution < 1.29 is 9.53 Å². The van der Waals surface area contributed by atoms with Gasteiger partial charge >= 0.3 is 0 Å². The fourth-order valence-corrected chi connectivity index (χ4v) is 2.98. The van der Waals surface area contributed by atoms with Crippen LogP contribution in [0.1, 0.15) is 29.4 Å². The Labute approximate surface area is 154 Å². The number of nitrogens with zero attached hydrogens (tertiary/aromatic N) is 4. The summed E-state index contributed by atoms with van der Waals surface area (Å²) in [5, 5.41) is 14.8. The number of hydrogen-bond acceptors (Lipinski definition) is 6. The molecule has 1 saturated heterocycles. The van der Waals surface area contributed by atoms with Crippen molar-refractivity contribution in [1.82, 2.24) is 30.6 Å². The minimum atomic E-state index is -0.293. The summed E-state index contributed by atoms with van der Waals surface area (Å²) < 4.78 is 7.18. The molecular weight excluding hydrogens is 367 g/mol. The maximum absolute atomic E-state index is 12.1. The lowest BCUT2D eigenvalue weighted by Gasteiger charge is -2.22. The van der Waals surface area contributed by atoms with Gasteiger partial charge < -0.3 is 15.4 Å². The van der Waals surface area contributed by atoms with Crippen LogP contribution in [0.4, 0.5) is 0 Å². The van der Waals surface area contributed by atoms with Crippen LogP contribution in [0.25, 0.3) is 0 Å². The van der Waals surface area contributed by atoms with Crippen LogP contribution in [0.5, 0.6) is 5.88 Å². The molecule has 0 bridgehead atoms. The number of ether oxygens (including phenoxy) is 1. The van der Waals surface area contributed by atoms with Gasteiger partial charge in [0.2, 0.25) is 5.88 Å². The Balaban J connectivity index is 1.45. The minimum Gasteiger partial charge on any atom is -0.475 e. The van der Waals surface area contributed by atoms with Gasteiger partial charge in [0.25, 0.3) is 5.91 Å². The van der Waals surface area contributed by atoms with Gasteiger partial charge in [-0.2, -0.15) is 0 Å². The van der Waals surface area contributed by atoms with Gasteiger partial charge in [0.05, 0.1) is 23.8 Å². The second-order valence-corrected chi connectivity index (χ2v) is 6.45. The third-order valence-electron chi connectivity index (χ3n) is 3.83. The van der Waals surface area contributed by atoms with Gasteiger partial charge in [-0.1, -0.05) is 28.4 Å². The standard InChI is InChI=1S/C15H18Cl2N6O2/c16-10-7-12(17)15(20-8-10)25-6-5-19-14(24)13-9-23(22-21-13)11-1-3-18-4-2-11/h7-9,11,18H,1-6H2,(H,19,24).